The van der Waals surface area contributed by atoms with Gasteiger partial charge in [0.1, 0.15) is 5.82 Å². The van der Waals surface area contributed by atoms with Crippen molar-refractivity contribution >= 4 is 17.3 Å². The molecule has 0 bridgehead atoms. The largest absolute Gasteiger partial charge is 0.358 e. The van der Waals surface area contributed by atoms with E-state index in [9.17, 15) is 9.18 Å². The maximum absolute atomic E-state index is 14.0. The predicted molar refractivity (Wildman–Crippen MR) is 78.9 cm³/mol. The Hall–Kier alpha value is -2.88. The van der Waals surface area contributed by atoms with Gasteiger partial charge in [-0.3, -0.25) is 9.48 Å². The molecule has 0 saturated carbocycles. The SMILES string of the molecule is Cn1cc(N2CCN(c3ccc(C#N)cc3F)CC2=O)cn1. The van der Waals surface area contributed by atoms with Crippen LogP contribution in [0.3, 0.4) is 0 Å². The third-order valence-electron chi connectivity index (χ3n) is 3.64. The van der Waals surface area contributed by atoms with Gasteiger partial charge in [0.15, 0.2) is 0 Å². The van der Waals surface area contributed by atoms with Crippen LogP contribution in [-0.4, -0.2) is 35.3 Å². The minimum atomic E-state index is -0.485. The molecule has 2 heterocycles. The number of anilines is 2. The lowest BCUT2D eigenvalue weighted by Gasteiger charge is -2.35. The fourth-order valence-corrected chi connectivity index (χ4v) is 2.53. The molecule has 6 nitrogen and oxygen atoms in total. The first kappa shape index (κ1) is 14.1. The van der Waals surface area contributed by atoms with Gasteiger partial charge in [0.2, 0.25) is 5.91 Å². The van der Waals surface area contributed by atoms with Gasteiger partial charge in [-0.25, -0.2) is 4.39 Å². The van der Waals surface area contributed by atoms with Gasteiger partial charge in [0.05, 0.1) is 35.7 Å². The fourth-order valence-electron chi connectivity index (χ4n) is 2.53. The van der Waals surface area contributed by atoms with Crippen LogP contribution in [-0.2, 0) is 11.8 Å². The number of nitrogens with zero attached hydrogens (tertiary/aromatic N) is 5. The maximum atomic E-state index is 14.0. The summed E-state index contributed by atoms with van der Waals surface area (Å²) >= 11 is 0. The van der Waals surface area contributed by atoms with Crippen LogP contribution in [0.4, 0.5) is 15.8 Å². The lowest BCUT2D eigenvalue weighted by atomic mass is 10.1. The highest BCUT2D eigenvalue weighted by molar-refractivity contribution is 5.97. The second-order valence-corrected chi connectivity index (χ2v) is 5.12. The third-order valence-corrected chi connectivity index (χ3v) is 3.64. The zero-order chi connectivity index (χ0) is 15.7. The van der Waals surface area contributed by atoms with Crippen LogP contribution in [0.2, 0.25) is 0 Å². The smallest absolute Gasteiger partial charge is 0.246 e. The quantitative estimate of drug-likeness (QED) is 0.838. The second-order valence-electron chi connectivity index (χ2n) is 5.12. The monoisotopic (exact) mass is 299 g/mol. The minimum Gasteiger partial charge on any atom is -0.358 e. The van der Waals surface area contributed by atoms with E-state index in [0.717, 1.165) is 5.69 Å². The average Bonchev–Trinajstić information content (AvgIpc) is 2.93. The molecule has 0 spiro atoms. The number of hydrogen-bond donors (Lipinski definition) is 0. The maximum Gasteiger partial charge on any atom is 0.246 e. The summed E-state index contributed by atoms with van der Waals surface area (Å²) in [4.78, 5) is 15.6. The molecule has 1 aromatic heterocycles. The number of halogens is 1. The van der Waals surface area contributed by atoms with Gasteiger partial charge in [-0.05, 0) is 18.2 Å². The Morgan fingerprint density at radius 1 is 1.36 bits per heavy atom. The highest BCUT2D eigenvalue weighted by Crippen LogP contribution is 2.24. The number of rotatable bonds is 2. The Morgan fingerprint density at radius 3 is 2.77 bits per heavy atom. The first-order valence-corrected chi connectivity index (χ1v) is 6.82. The van der Waals surface area contributed by atoms with Crippen LogP contribution in [0.5, 0.6) is 0 Å². The molecule has 1 amide bonds. The van der Waals surface area contributed by atoms with Crippen LogP contribution >= 0.6 is 0 Å². The van der Waals surface area contributed by atoms with Gasteiger partial charge in [-0.1, -0.05) is 0 Å². The summed E-state index contributed by atoms with van der Waals surface area (Å²) in [7, 11) is 1.79. The van der Waals surface area contributed by atoms with Crippen molar-refractivity contribution in [2.45, 2.75) is 0 Å². The van der Waals surface area contributed by atoms with Crippen molar-refractivity contribution in [1.29, 1.82) is 5.26 Å². The van der Waals surface area contributed by atoms with Gasteiger partial charge < -0.3 is 9.80 Å². The summed E-state index contributed by atoms with van der Waals surface area (Å²) in [5, 5.41) is 12.8. The molecule has 3 rings (SSSR count). The molecule has 1 aromatic carbocycles. The molecule has 0 radical (unpaired) electrons. The molecule has 0 atom stereocenters. The molecule has 1 fully saturated rings. The van der Waals surface area contributed by atoms with E-state index in [4.69, 9.17) is 5.26 Å². The zero-order valence-corrected chi connectivity index (χ0v) is 12.0. The van der Waals surface area contributed by atoms with Crippen LogP contribution in [0, 0.1) is 17.1 Å². The lowest BCUT2D eigenvalue weighted by Crippen LogP contribution is -2.50. The third kappa shape index (κ3) is 2.51. The summed E-state index contributed by atoms with van der Waals surface area (Å²) in [6.07, 6.45) is 3.41. The standard InChI is InChI=1S/C15H14FN5O/c1-19-9-12(8-18-19)21-5-4-20(10-15(21)22)14-3-2-11(7-17)6-13(14)16/h2-3,6,8-9H,4-5,10H2,1H3. The molecule has 1 aliphatic heterocycles. The van der Waals surface area contributed by atoms with E-state index in [2.05, 4.69) is 5.10 Å². The Kier molecular flexibility index (Phi) is 3.51. The summed E-state index contributed by atoms with van der Waals surface area (Å²) in [6.45, 7) is 1.07. The Morgan fingerprint density at radius 2 is 2.18 bits per heavy atom. The molecule has 0 unspecified atom stereocenters. The summed E-state index contributed by atoms with van der Waals surface area (Å²) in [6, 6.07) is 6.18. The normalized spacial score (nSPS) is 15.0. The van der Waals surface area contributed by atoms with Crippen molar-refractivity contribution in [1.82, 2.24) is 9.78 Å². The van der Waals surface area contributed by atoms with Crippen molar-refractivity contribution in [2.75, 3.05) is 29.4 Å². The van der Waals surface area contributed by atoms with Crippen molar-refractivity contribution in [3.05, 3.63) is 42.0 Å². The molecule has 1 aliphatic rings. The van der Waals surface area contributed by atoms with Crippen molar-refractivity contribution in [3.63, 3.8) is 0 Å². The van der Waals surface area contributed by atoms with Gasteiger partial charge in [-0.2, -0.15) is 10.4 Å². The van der Waals surface area contributed by atoms with E-state index >= 15 is 0 Å². The molecular weight excluding hydrogens is 285 g/mol. The van der Waals surface area contributed by atoms with E-state index in [-0.39, 0.29) is 18.0 Å². The molecule has 1 saturated heterocycles. The summed E-state index contributed by atoms with van der Waals surface area (Å²) in [5.74, 6) is -0.593. The number of piperazine rings is 1. The Balaban J connectivity index is 1.78. The number of nitriles is 1. The molecule has 7 heteroatoms. The number of amides is 1. The van der Waals surface area contributed by atoms with Crippen LogP contribution < -0.4 is 9.80 Å². The number of carbonyl (C=O) groups excluding carboxylic acids is 1. The zero-order valence-electron chi connectivity index (χ0n) is 12.0. The fraction of sp³-hybridized carbons (Fsp3) is 0.267. The number of carbonyl (C=O) groups is 1. The molecule has 2 aromatic rings. The van der Waals surface area contributed by atoms with Crippen LogP contribution in [0.25, 0.3) is 0 Å². The van der Waals surface area contributed by atoms with Gasteiger partial charge in [0.25, 0.3) is 0 Å². The Labute approximate surface area is 127 Å². The van der Waals surface area contributed by atoms with Crippen LogP contribution in [0.1, 0.15) is 5.56 Å². The molecule has 112 valence electrons. The van der Waals surface area contributed by atoms with Crippen molar-refractivity contribution < 1.29 is 9.18 Å². The van der Waals surface area contributed by atoms with Crippen molar-refractivity contribution in [3.8, 4) is 6.07 Å². The highest BCUT2D eigenvalue weighted by Gasteiger charge is 2.27. The van der Waals surface area contributed by atoms with Crippen LogP contribution in [0.15, 0.2) is 30.6 Å². The predicted octanol–water partition coefficient (Wildman–Crippen LogP) is 1.28. The van der Waals surface area contributed by atoms with Crippen molar-refractivity contribution in [2.24, 2.45) is 7.05 Å². The van der Waals surface area contributed by atoms with E-state index in [1.54, 1.807) is 46.1 Å². The highest BCUT2D eigenvalue weighted by atomic mass is 19.1. The van der Waals surface area contributed by atoms with Gasteiger partial charge >= 0.3 is 0 Å². The number of hydrogen-bond acceptors (Lipinski definition) is 4. The average molecular weight is 299 g/mol. The molecule has 22 heavy (non-hydrogen) atoms. The van der Waals surface area contributed by atoms with E-state index in [1.165, 1.54) is 6.07 Å². The second kappa shape index (κ2) is 5.48. The summed E-state index contributed by atoms with van der Waals surface area (Å²) in [5.41, 5.74) is 1.35. The summed E-state index contributed by atoms with van der Waals surface area (Å²) < 4.78 is 15.7. The topological polar surface area (TPSA) is 65.2 Å². The van der Waals surface area contributed by atoms with Gasteiger partial charge in [0, 0.05) is 26.3 Å². The first-order valence-electron chi connectivity index (χ1n) is 6.82. The molecule has 0 N–H and O–H groups in total. The first-order chi connectivity index (χ1) is 10.6. The van der Waals surface area contributed by atoms with Gasteiger partial charge in [-0.15, -0.1) is 0 Å². The van der Waals surface area contributed by atoms with E-state index < -0.39 is 5.82 Å². The number of aromatic nitrogens is 2. The number of benzene rings is 1. The Bertz CT molecular complexity index is 764. The van der Waals surface area contributed by atoms with E-state index in [1.807, 2.05) is 6.07 Å². The minimum absolute atomic E-state index is 0.0950. The molecular formula is C15H14FN5O. The van der Waals surface area contributed by atoms with E-state index in [0.29, 0.717) is 18.8 Å². The lowest BCUT2D eigenvalue weighted by molar-refractivity contribution is -0.117. The number of aryl methyl sites for hydroxylation is 1. The molecule has 0 aliphatic carbocycles.